The molecule has 2 aromatic heterocycles. The molecule has 108 valence electrons. The Kier molecular flexibility index (Phi) is 3.75. The van der Waals surface area contributed by atoms with E-state index in [-0.39, 0.29) is 6.42 Å². The molecule has 0 amide bonds. The number of nitrogens with zero attached hydrogens (tertiary/aromatic N) is 2. The van der Waals surface area contributed by atoms with Crippen LogP contribution >= 0.6 is 11.3 Å². The number of thiazole rings is 1. The van der Waals surface area contributed by atoms with Crippen LogP contribution in [0.2, 0.25) is 0 Å². The first kappa shape index (κ1) is 13.8. The molecule has 2 heterocycles. The highest BCUT2D eigenvalue weighted by Gasteiger charge is 2.10. The fourth-order valence-electron chi connectivity index (χ4n) is 2.55. The normalized spacial score (nSPS) is 11.1. The van der Waals surface area contributed by atoms with Gasteiger partial charge >= 0.3 is 5.97 Å². The molecule has 0 saturated carbocycles. The molecule has 0 atom stereocenters. The fourth-order valence-corrected chi connectivity index (χ4v) is 3.15. The molecule has 21 heavy (non-hydrogen) atoms. The number of aryl methyl sites for hydroxylation is 2. The Morgan fingerprint density at radius 1 is 1.38 bits per heavy atom. The van der Waals surface area contributed by atoms with E-state index in [9.17, 15) is 4.79 Å². The maximum Gasteiger partial charge on any atom is 0.303 e. The maximum atomic E-state index is 10.8. The molecular weight excluding hydrogens is 284 g/mol. The summed E-state index contributed by atoms with van der Waals surface area (Å²) in [5.41, 5.74) is 3.26. The summed E-state index contributed by atoms with van der Waals surface area (Å²) >= 11 is 1.65. The molecule has 0 saturated heterocycles. The summed E-state index contributed by atoms with van der Waals surface area (Å²) in [6.45, 7) is 2.72. The zero-order chi connectivity index (χ0) is 14.8. The van der Waals surface area contributed by atoms with Crippen molar-refractivity contribution in [2.75, 3.05) is 0 Å². The highest BCUT2D eigenvalue weighted by atomic mass is 32.1. The van der Waals surface area contributed by atoms with E-state index in [1.807, 2.05) is 19.1 Å². The quantitative estimate of drug-likeness (QED) is 0.785. The number of hydrogen-bond donors (Lipinski definition) is 1. The molecule has 0 radical (unpaired) electrons. The third-order valence-electron chi connectivity index (χ3n) is 3.48. The molecule has 3 aromatic rings. The standard InChI is InChI=1S/C16H16N2O2S/c1-11-17-13(10-21-11)9-18-8-12(6-7-16(19)20)14-4-2-3-5-15(14)18/h2-5,8,10H,6-7,9H2,1H3,(H,19,20). The average Bonchev–Trinajstić information content (AvgIpc) is 3.02. The van der Waals surface area contributed by atoms with Gasteiger partial charge in [-0.3, -0.25) is 4.79 Å². The second-order valence-corrected chi connectivity index (χ2v) is 6.11. The van der Waals surface area contributed by atoms with Crippen molar-refractivity contribution in [3.63, 3.8) is 0 Å². The summed E-state index contributed by atoms with van der Waals surface area (Å²) in [5, 5.41) is 13.1. The number of para-hydroxylation sites is 1. The second kappa shape index (κ2) is 5.69. The van der Waals surface area contributed by atoms with Crippen molar-refractivity contribution < 1.29 is 9.90 Å². The number of carboxylic acid groups (broad SMARTS) is 1. The van der Waals surface area contributed by atoms with Gasteiger partial charge in [-0.05, 0) is 25.0 Å². The van der Waals surface area contributed by atoms with Gasteiger partial charge in [0.2, 0.25) is 0 Å². The Morgan fingerprint density at radius 2 is 2.19 bits per heavy atom. The predicted octanol–water partition coefficient (Wildman–Crippen LogP) is 3.47. The Labute approximate surface area is 126 Å². The molecule has 0 aliphatic rings. The number of aromatic nitrogens is 2. The van der Waals surface area contributed by atoms with Crippen LogP contribution in [0, 0.1) is 6.92 Å². The van der Waals surface area contributed by atoms with Gasteiger partial charge < -0.3 is 9.67 Å². The molecule has 0 fully saturated rings. The highest BCUT2D eigenvalue weighted by molar-refractivity contribution is 7.09. The summed E-state index contributed by atoms with van der Waals surface area (Å²) < 4.78 is 2.15. The van der Waals surface area contributed by atoms with Gasteiger partial charge in [0, 0.05) is 28.9 Å². The first-order valence-electron chi connectivity index (χ1n) is 6.83. The van der Waals surface area contributed by atoms with Crippen LogP contribution < -0.4 is 0 Å². The van der Waals surface area contributed by atoms with Crippen LogP contribution in [0.25, 0.3) is 10.9 Å². The number of benzene rings is 1. The topological polar surface area (TPSA) is 55.1 Å². The van der Waals surface area contributed by atoms with E-state index in [2.05, 4.69) is 33.3 Å². The second-order valence-electron chi connectivity index (χ2n) is 5.05. The minimum absolute atomic E-state index is 0.157. The number of fused-ring (bicyclic) bond motifs is 1. The van der Waals surface area contributed by atoms with Crippen LogP contribution in [0.15, 0.2) is 35.8 Å². The molecule has 0 spiro atoms. The van der Waals surface area contributed by atoms with E-state index < -0.39 is 5.97 Å². The van der Waals surface area contributed by atoms with Gasteiger partial charge in [-0.25, -0.2) is 4.98 Å². The first-order valence-corrected chi connectivity index (χ1v) is 7.71. The zero-order valence-corrected chi connectivity index (χ0v) is 12.6. The van der Waals surface area contributed by atoms with Crippen LogP contribution in [-0.4, -0.2) is 20.6 Å². The average molecular weight is 300 g/mol. The number of carbonyl (C=O) groups is 1. The van der Waals surface area contributed by atoms with Crippen molar-refractivity contribution in [3.8, 4) is 0 Å². The Bertz CT molecular complexity index is 789. The Hall–Kier alpha value is -2.14. The van der Waals surface area contributed by atoms with Crippen molar-refractivity contribution in [2.24, 2.45) is 0 Å². The lowest BCUT2D eigenvalue weighted by Crippen LogP contribution is -1.99. The Balaban J connectivity index is 1.96. The largest absolute Gasteiger partial charge is 0.481 e. The predicted molar refractivity (Wildman–Crippen MR) is 83.8 cm³/mol. The monoisotopic (exact) mass is 300 g/mol. The summed E-state index contributed by atoms with van der Waals surface area (Å²) in [5.74, 6) is -0.762. The maximum absolute atomic E-state index is 10.8. The molecule has 0 aliphatic carbocycles. The molecule has 1 aromatic carbocycles. The van der Waals surface area contributed by atoms with E-state index in [0.29, 0.717) is 6.42 Å². The zero-order valence-electron chi connectivity index (χ0n) is 11.7. The fraction of sp³-hybridized carbons (Fsp3) is 0.250. The Morgan fingerprint density at radius 3 is 2.90 bits per heavy atom. The number of aliphatic carboxylic acids is 1. The van der Waals surface area contributed by atoms with Crippen molar-refractivity contribution in [3.05, 3.63) is 52.1 Å². The molecule has 0 bridgehead atoms. The highest BCUT2D eigenvalue weighted by Crippen LogP contribution is 2.24. The van der Waals surface area contributed by atoms with E-state index in [1.165, 1.54) is 0 Å². The number of hydrogen-bond acceptors (Lipinski definition) is 3. The summed E-state index contributed by atoms with van der Waals surface area (Å²) in [7, 11) is 0. The molecule has 1 N–H and O–H groups in total. The first-order chi connectivity index (χ1) is 10.1. The third-order valence-corrected chi connectivity index (χ3v) is 4.30. The van der Waals surface area contributed by atoms with Gasteiger partial charge in [0.1, 0.15) is 0 Å². The van der Waals surface area contributed by atoms with E-state index in [0.717, 1.165) is 33.7 Å². The minimum Gasteiger partial charge on any atom is -0.481 e. The number of carboxylic acids is 1. The summed E-state index contributed by atoms with van der Waals surface area (Å²) in [6.07, 6.45) is 2.77. The van der Waals surface area contributed by atoms with E-state index >= 15 is 0 Å². The molecule has 0 unspecified atom stereocenters. The third kappa shape index (κ3) is 2.97. The molecular formula is C16H16N2O2S. The van der Waals surface area contributed by atoms with Crippen molar-refractivity contribution in [1.82, 2.24) is 9.55 Å². The van der Waals surface area contributed by atoms with Gasteiger partial charge in [-0.2, -0.15) is 0 Å². The van der Waals surface area contributed by atoms with Crippen molar-refractivity contribution >= 4 is 28.2 Å². The van der Waals surface area contributed by atoms with E-state index in [1.54, 1.807) is 11.3 Å². The SMILES string of the molecule is Cc1nc(Cn2cc(CCC(=O)O)c3ccccc32)cs1. The minimum atomic E-state index is -0.762. The van der Waals surface area contributed by atoms with Gasteiger partial charge in [0.05, 0.1) is 17.2 Å². The molecule has 3 rings (SSSR count). The van der Waals surface area contributed by atoms with Gasteiger partial charge in [0.25, 0.3) is 0 Å². The van der Waals surface area contributed by atoms with Gasteiger partial charge in [-0.15, -0.1) is 11.3 Å². The van der Waals surface area contributed by atoms with Gasteiger partial charge in [-0.1, -0.05) is 18.2 Å². The lowest BCUT2D eigenvalue weighted by molar-refractivity contribution is -0.136. The lowest BCUT2D eigenvalue weighted by atomic mass is 10.1. The van der Waals surface area contributed by atoms with Crippen LogP contribution in [0.3, 0.4) is 0 Å². The lowest BCUT2D eigenvalue weighted by Gasteiger charge is -2.02. The van der Waals surface area contributed by atoms with Crippen LogP contribution in [0.1, 0.15) is 22.7 Å². The van der Waals surface area contributed by atoms with Crippen LogP contribution in [0.4, 0.5) is 0 Å². The number of rotatable bonds is 5. The summed E-state index contributed by atoms with van der Waals surface area (Å²) in [4.78, 5) is 15.3. The molecule has 4 nitrogen and oxygen atoms in total. The summed E-state index contributed by atoms with van der Waals surface area (Å²) in [6, 6.07) is 8.12. The van der Waals surface area contributed by atoms with E-state index in [4.69, 9.17) is 5.11 Å². The smallest absolute Gasteiger partial charge is 0.303 e. The van der Waals surface area contributed by atoms with Gasteiger partial charge in [0.15, 0.2) is 0 Å². The molecule has 0 aliphatic heterocycles. The van der Waals surface area contributed by atoms with Crippen molar-refractivity contribution in [1.29, 1.82) is 0 Å². The van der Waals surface area contributed by atoms with Crippen molar-refractivity contribution in [2.45, 2.75) is 26.3 Å². The van der Waals surface area contributed by atoms with Crippen LogP contribution in [0.5, 0.6) is 0 Å². The van der Waals surface area contributed by atoms with Crippen LogP contribution in [-0.2, 0) is 17.8 Å². The molecule has 5 heteroatoms.